The third-order valence-corrected chi connectivity index (χ3v) is 3.21. The normalized spacial score (nSPS) is 14.4. The molecule has 4 heteroatoms. The quantitative estimate of drug-likeness (QED) is 0.848. The van der Waals surface area contributed by atoms with Gasteiger partial charge in [-0.1, -0.05) is 6.92 Å². The highest BCUT2D eigenvalue weighted by molar-refractivity contribution is 5.24. The molecule has 1 atom stereocenters. The predicted octanol–water partition coefficient (Wildman–Crippen LogP) is 2.08. The van der Waals surface area contributed by atoms with E-state index < -0.39 is 5.54 Å². The Morgan fingerprint density at radius 1 is 1.47 bits per heavy atom. The fourth-order valence-corrected chi connectivity index (χ4v) is 2.12. The molecule has 94 valence electrons. The van der Waals surface area contributed by atoms with Crippen LogP contribution in [0.5, 0.6) is 0 Å². The van der Waals surface area contributed by atoms with E-state index in [-0.39, 0.29) is 0 Å². The van der Waals surface area contributed by atoms with E-state index in [4.69, 9.17) is 11.0 Å². The van der Waals surface area contributed by atoms with Gasteiger partial charge in [0.25, 0.3) is 0 Å². The summed E-state index contributed by atoms with van der Waals surface area (Å²) in [7, 11) is 0. The van der Waals surface area contributed by atoms with Crippen molar-refractivity contribution in [2.24, 2.45) is 5.73 Å². The molecule has 1 aromatic heterocycles. The summed E-state index contributed by atoms with van der Waals surface area (Å²) in [5, 5.41) is 13.4. The van der Waals surface area contributed by atoms with Crippen molar-refractivity contribution >= 4 is 0 Å². The third-order valence-electron chi connectivity index (χ3n) is 3.21. The van der Waals surface area contributed by atoms with Crippen molar-refractivity contribution in [3.8, 4) is 6.07 Å². The molecule has 0 saturated carbocycles. The smallest absolute Gasteiger partial charge is 0.101 e. The van der Waals surface area contributed by atoms with Gasteiger partial charge < -0.3 is 5.73 Å². The first-order valence-corrected chi connectivity index (χ1v) is 6.14. The van der Waals surface area contributed by atoms with Gasteiger partial charge in [-0.2, -0.15) is 10.4 Å². The van der Waals surface area contributed by atoms with Crippen molar-refractivity contribution in [1.29, 1.82) is 5.26 Å². The standard InChI is InChI=1S/C13H22N4/c1-5-12-10(2)16-17(11(12)3)8-6-7-13(4,15)9-14/h5-8,15H2,1-4H3. The van der Waals surface area contributed by atoms with E-state index >= 15 is 0 Å². The summed E-state index contributed by atoms with van der Waals surface area (Å²) in [5.74, 6) is 0. The molecular weight excluding hydrogens is 212 g/mol. The maximum Gasteiger partial charge on any atom is 0.101 e. The SMILES string of the molecule is CCc1c(C)nn(CCCC(C)(N)C#N)c1C. The lowest BCUT2D eigenvalue weighted by molar-refractivity contribution is 0.466. The Morgan fingerprint density at radius 2 is 2.12 bits per heavy atom. The van der Waals surface area contributed by atoms with Crippen LogP contribution >= 0.6 is 0 Å². The summed E-state index contributed by atoms with van der Waals surface area (Å²) < 4.78 is 2.03. The summed E-state index contributed by atoms with van der Waals surface area (Å²) in [6, 6.07) is 2.12. The molecule has 0 amide bonds. The van der Waals surface area contributed by atoms with E-state index in [0.29, 0.717) is 6.42 Å². The molecule has 1 rings (SSSR count). The molecule has 0 spiro atoms. The molecule has 0 aliphatic carbocycles. The van der Waals surface area contributed by atoms with Crippen LogP contribution in [0.25, 0.3) is 0 Å². The Hall–Kier alpha value is -1.34. The summed E-state index contributed by atoms with van der Waals surface area (Å²) in [6.45, 7) is 8.90. The maximum absolute atomic E-state index is 8.83. The summed E-state index contributed by atoms with van der Waals surface area (Å²) >= 11 is 0. The van der Waals surface area contributed by atoms with Crippen molar-refractivity contribution in [2.75, 3.05) is 0 Å². The molecule has 17 heavy (non-hydrogen) atoms. The topological polar surface area (TPSA) is 67.6 Å². The molecule has 1 aromatic rings. The number of aromatic nitrogens is 2. The molecule has 4 nitrogen and oxygen atoms in total. The minimum absolute atomic E-state index is 0.698. The summed E-state index contributed by atoms with van der Waals surface area (Å²) in [5.41, 5.74) is 8.75. The number of aryl methyl sites for hydroxylation is 2. The largest absolute Gasteiger partial charge is 0.314 e. The van der Waals surface area contributed by atoms with Gasteiger partial charge in [-0.3, -0.25) is 4.68 Å². The van der Waals surface area contributed by atoms with Crippen LogP contribution in [0.3, 0.4) is 0 Å². The van der Waals surface area contributed by atoms with E-state index in [9.17, 15) is 0 Å². The lowest BCUT2D eigenvalue weighted by atomic mass is 9.99. The molecule has 0 fully saturated rings. The second-order valence-electron chi connectivity index (χ2n) is 4.86. The number of hydrogen-bond donors (Lipinski definition) is 1. The summed E-state index contributed by atoms with van der Waals surface area (Å²) in [4.78, 5) is 0. The van der Waals surface area contributed by atoms with Crippen LogP contribution in [-0.4, -0.2) is 15.3 Å². The highest BCUT2D eigenvalue weighted by Crippen LogP contribution is 2.15. The Bertz CT molecular complexity index is 423. The number of nitriles is 1. The Kier molecular flexibility index (Phi) is 4.30. The van der Waals surface area contributed by atoms with Gasteiger partial charge in [0.05, 0.1) is 11.8 Å². The summed E-state index contributed by atoms with van der Waals surface area (Å²) in [6.07, 6.45) is 2.60. The van der Waals surface area contributed by atoms with Crippen LogP contribution in [0.2, 0.25) is 0 Å². The van der Waals surface area contributed by atoms with Crippen LogP contribution in [0.4, 0.5) is 0 Å². The van der Waals surface area contributed by atoms with Crippen molar-refractivity contribution < 1.29 is 0 Å². The van der Waals surface area contributed by atoms with Gasteiger partial charge in [-0.15, -0.1) is 0 Å². The fourth-order valence-electron chi connectivity index (χ4n) is 2.12. The average molecular weight is 234 g/mol. The zero-order valence-corrected chi connectivity index (χ0v) is 11.2. The fraction of sp³-hybridized carbons (Fsp3) is 0.692. The predicted molar refractivity (Wildman–Crippen MR) is 68.5 cm³/mol. The highest BCUT2D eigenvalue weighted by atomic mass is 15.3. The lowest BCUT2D eigenvalue weighted by Crippen LogP contribution is -2.34. The Morgan fingerprint density at radius 3 is 2.59 bits per heavy atom. The van der Waals surface area contributed by atoms with E-state index in [1.807, 2.05) is 11.6 Å². The van der Waals surface area contributed by atoms with Gasteiger partial charge in [0.2, 0.25) is 0 Å². The molecule has 0 bridgehead atoms. The first-order valence-electron chi connectivity index (χ1n) is 6.14. The number of rotatable bonds is 5. The highest BCUT2D eigenvalue weighted by Gasteiger charge is 2.17. The molecule has 1 unspecified atom stereocenters. The van der Waals surface area contributed by atoms with Gasteiger partial charge in [0.15, 0.2) is 0 Å². The molecule has 0 radical (unpaired) electrons. The van der Waals surface area contributed by atoms with Gasteiger partial charge in [-0.05, 0) is 45.6 Å². The molecule has 1 heterocycles. The monoisotopic (exact) mass is 234 g/mol. The average Bonchev–Trinajstić information content (AvgIpc) is 2.54. The lowest BCUT2D eigenvalue weighted by Gasteiger charge is -2.14. The van der Waals surface area contributed by atoms with Gasteiger partial charge in [0.1, 0.15) is 5.54 Å². The zero-order valence-electron chi connectivity index (χ0n) is 11.2. The number of nitrogens with two attached hydrogens (primary N) is 1. The van der Waals surface area contributed by atoms with Crippen LogP contribution < -0.4 is 5.73 Å². The molecular formula is C13H22N4. The molecule has 0 saturated heterocycles. The molecule has 0 aliphatic rings. The Balaban J connectivity index is 2.62. The van der Waals surface area contributed by atoms with Crippen molar-refractivity contribution in [3.63, 3.8) is 0 Å². The van der Waals surface area contributed by atoms with Crippen LogP contribution in [0.1, 0.15) is 43.6 Å². The van der Waals surface area contributed by atoms with E-state index in [1.165, 1.54) is 11.3 Å². The number of nitrogens with zero attached hydrogens (tertiary/aromatic N) is 3. The van der Waals surface area contributed by atoms with Crippen LogP contribution in [-0.2, 0) is 13.0 Å². The van der Waals surface area contributed by atoms with Crippen molar-refractivity contribution in [3.05, 3.63) is 17.0 Å². The van der Waals surface area contributed by atoms with E-state index in [1.54, 1.807) is 6.92 Å². The minimum atomic E-state index is -0.719. The van der Waals surface area contributed by atoms with Gasteiger partial charge in [-0.25, -0.2) is 0 Å². The third kappa shape index (κ3) is 3.31. The zero-order chi connectivity index (χ0) is 13.1. The molecule has 2 N–H and O–H groups in total. The van der Waals surface area contributed by atoms with E-state index in [2.05, 4.69) is 25.0 Å². The molecule has 0 aliphatic heterocycles. The van der Waals surface area contributed by atoms with Crippen molar-refractivity contribution in [2.45, 2.75) is 59.0 Å². The number of hydrogen-bond acceptors (Lipinski definition) is 3. The first-order chi connectivity index (χ1) is 7.91. The minimum Gasteiger partial charge on any atom is -0.314 e. The van der Waals surface area contributed by atoms with Gasteiger partial charge in [0, 0.05) is 12.2 Å². The van der Waals surface area contributed by atoms with E-state index in [0.717, 1.165) is 25.1 Å². The second-order valence-corrected chi connectivity index (χ2v) is 4.86. The maximum atomic E-state index is 8.83. The first kappa shape index (κ1) is 13.7. The Labute approximate surface area is 103 Å². The van der Waals surface area contributed by atoms with Crippen molar-refractivity contribution in [1.82, 2.24) is 9.78 Å². The second kappa shape index (κ2) is 5.33. The van der Waals surface area contributed by atoms with Crippen LogP contribution in [0.15, 0.2) is 0 Å². The van der Waals surface area contributed by atoms with Gasteiger partial charge >= 0.3 is 0 Å². The van der Waals surface area contributed by atoms with Crippen LogP contribution in [0, 0.1) is 25.2 Å². The molecule has 0 aromatic carbocycles.